The molecule has 35 heavy (non-hydrogen) atoms. The molecule has 0 saturated carbocycles. The maximum Gasteiger partial charge on any atom is 0.324 e. The molecule has 7 heteroatoms. The average Bonchev–Trinajstić information content (AvgIpc) is 3.21. The molecule has 1 fully saturated rings. The SMILES string of the molecule is CN(C)CCC(CN1CCN(c2cc(Cl)cc(Cl)c2)C1=O)c1ccc(-c2ccccc2)cc1C#N. The first-order chi connectivity index (χ1) is 16.9. The summed E-state index contributed by atoms with van der Waals surface area (Å²) in [4.78, 5) is 19.0. The highest BCUT2D eigenvalue weighted by atomic mass is 35.5. The van der Waals surface area contributed by atoms with Crippen molar-refractivity contribution in [1.82, 2.24) is 9.80 Å². The topological polar surface area (TPSA) is 50.6 Å². The van der Waals surface area contributed by atoms with Crippen LogP contribution < -0.4 is 4.90 Å². The lowest BCUT2D eigenvalue weighted by molar-refractivity contribution is 0.215. The average molecular weight is 507 g/mol. The smallest absolute Gasteiger partial charge is 0.322 e. The highest BCUT2D eigenvalue weighted by molar-refractivity contribution is 6.35. The molecule has 1 aliphatic rings. The van der Waals surface area contributed by atoms with Gasteiger partial charge in [-0.3, -0.25) is 4.90 Å². The first-order valence-electron chi connectivity index (χ1n) is 11.6. The molecule has 4 rings (SSSR count). The van der Waals surface area contributed by atoms with Gasteiger partial charge in [0.05, 0.1) is 11.6 Å². The van der Waals surface area contributed by atoms with Crippen molar-refractivity contribution in [1.29, 1.82) is 5.26 Å². The highest BCUT2D eigenvalue weighted by Gasteiger charge is 2.32. The summed E-state index contributed by atoms with van der Waals surface area (Å²) in [6, 6.07) is 23.6. The second-order valence-electron chi connectivity index (χ2n) is 9.08. The van der Waals surface area contributed by atoms with Gasteiger partial charge >= 0.3 is 6.03 Å². The van der Waals surface area contributed by atoms with Gasteiger partial charge < -0.3 is 9.80 Å². The lowest BCUT2D eigenvalue weighted by Crippen LogP contribution is -2.35. The minimum Gasteiger partial charge on any atom is -0.322 e. The number of hydrogen-bond donors (Lipinski definition) is 0. The van der Waals surface area contributed by atoms with E-state index in [1.165, 1.54) is 0 Å². The normalized spacial score (nSPS) is 14.5. The predicted molar refractivity (Wildman–Crippen MR) is 143 cm³/mol. The van der Waals surface area contributed by atoms with Gasteiger partial charge in [0, 0.05) is 41.3 Å². The van der Waals surface area contributed by atoms with Crippen LogP contribution >= 0.6 is 23.2 Å². The maximum absolute atomic E-state index is 13.3. The predicted octanol–water partition coefficient (Wildman–Crippen LogP) is 6.51. The monoisotopic (exact) mass is 506 g/mol. The Kier molecular flexibility index (Phi) is 7.97. The zero-order valence-electron chi connectivity index (χ0n) is 19.9. The summed E-state index contributed by atoms with van der Waals surface area (Å²) in [6.07, 6.45) is 0.832. The lowest BCUT2D eigenvalue weighted by Gasteiger charge is -2.26. The fourth-order valence-corrected chi connectivity index (χ4v) is 5.05. The van der Waals surface area contributed by atoms with Crippen molar-refractivity contribution in [3.63, 3.8) is 0 Å². The van der Waals surface area contributed by atoms with Crippen molar-refractivity contribution in [3.8, 4) is 17.2 Å². The summed E-state index contributed by atoms with van der Waals surface area (Å²) in [7, 11) is 4.07. The molecule has 0 radical (unpaired) electrons. The number of rotatable bonds is 8. The number of carbonyl (C=O) groups is 1. The minimum absolute atomic E-state index is 0.0312. The largest absolute Gasteiger partial charge is 0.324 e. The number of hydrogen-bond acceptors (Lipinski definition) is 3. The number of urea groups is 1. The van der Waals surface area contributed by atoms with Crippen LogP contribution in [0.1, 0.15) is 23.5 Å². The van der Waals surface area contributed by atoms with Crippen LogP contribution in [0.25, 0.3) is 11.1 Å². The van der Waals surface area contributed by atoms with Crippen LogP contribution in [0.15, 0.2) is 66.7 Å². The molecule has 1 saturated heterocycles. The van der Waals surface area contributed by atoms with E-state index in [0.717, 1.165) is 29.7 Å². The Labute approximate surface area is 217 Å². The Morgan fingerprint density at radius 1 is 0.971 bits per heavy atom. The van der Waals surface area contributed by atoms with Gasteiger partial charge in [-0.1, -0.05) is 65.7 Å². The van der Waals surface area contributed by atoms with E-state index in [2.05, 4.69) is 23.1 Å². The zero-order valence-corrected chi connectivity index (χ0v) is 21.4. The van der Waals surface area contributed by atoms with Crippen LogP contribution in [-0.2, 0) is 0 Å². The van der Waals surface area contributed by atoms with Gasteiger partial charge in [0.15, 0.2) is 0 Å². The number of anilines is 1. The van der Waals surface area contributed by atoms with E-state index in [0.29, 0.717) is 40.9 Å². The van der Waals surface area contributed by atoms with Gasteiger partial charge in [-0.25, -0.2) is 4.79 Å². The van der Waals surface area contributed by atoms with E-state index in [-0.39, 0.29) is 11.9 Å². The second kappa shape index (κ2) is 11.1. The Morgan fingerprint density at radius 3 is 2.34 bits per heavy atom. The van der Waals surface area contributed by atoms with Crippen molar-refractivity contribution >= 4 is 34.9 Å². The summed E-state index contributed by atoms with van der Waals surface area (Å²) in [6.45, 7) is 2.56. The van der Waals surface area contributed by atoms with Crippen molar-refractivity contribution in [2.75, 3.05) is 45.2 Å². The highest BCUT2D eigenvalue weighted by Crippen LogP contribution is 2.32. The van der Waals surface area contributed by atoms with Crippen LogP contribution in [0.2, 0.25) is 10.0 Å². The second-order valence-corrected chi connectivity index (χ2v) is 9.95. The third-order valence-electron chi connectivity index (χ3n) is 6.34. The summed E-state index contributed by atoms with van der Waals surface area (Å²) in [5.74, 6) is 0.0312. The Balaban J connectivity index is 1.59. The molecule has 0 aromatic heterocycles. The van der Waals surface area contributed by atoms with Gasteiger partial charge in [-0.05, 0) is 68.0 Å². The molecular formula is C28H28Cl2N4O. The molecule has 5 nitrogen and oxygen atoms in total. The molecule has 2 amide bonds. The summed E-state index contributed by atoms with van der Waals surface area (Å²) in [5.41, 5.74) is 4.42. The number of benzene rings is 3. The standard InChI is InChI=1S/C28H28Cl2N4O/c1-32(2)11-10-22(27-9-8-21(14-23(27)18-31)20-6-4-3-5-7-20)19-33-12-13-34(28(33)35)26-16-24(29)15-25(30)17-26/h3-9,14-17,22H,10-13,19H2,1-2H3. The number of nitrogens with zero attached hydrogens (tertiary/aromatic N) is 4. The van der Waals surface area contributed by atoms with Crippen molar-refractivity contribution in [2.45, 2.75) is 12.3 Å². The molecule has 1 heterocycles. The molecule has 0 N–H and O–H groups in total. The van der Waals surface area contributed by atoms with Crippen LogP contribution in [0.4, 0.5) is 10.5 Å². The molecule has 1 atom stereocenters. The summed E-state index contributed by atoms with van der Waals surface area (Å²) < 4.78 is 0. The number of nitriles is 1. The van der Waals surface area contributed by atoms with Gasteiger partial charge in [-0.15, -0.1) is 0 Å². The maximum atomic E-state index is 13.3. The van der Waals surface area contributed by atoms with E-state index in [4.69, 9.17) is 23.2 Å². The number of amides is 2. The van der Waals surface area contributed by atoms with E-state index < -0.39 is 0 Å². The number of halogens is 2. The molecular weight excluding hydrogens is 479 g/mol. The third kappa shape index (κ3) is 5.97. The fourth-order valence-electron chi connectivity index (χ4n) is 4.53. The van der Waals surface area contributed by atoms with Crippen LogP contribution in [0.5, 0.6) is 0 Å². The van der Waals surface area contributed by atoms with E-state index in [1.807, 2.05) is 55.4 Å². The van der Waals surface area contributed by atoms with Crippen LogP contribution in [-0.4, -0.2) is 56.1 Å². The molecule has 0 aliphatic carbocycles. The van der Waals surface area contributed by atoms with Crippen molar-refractivity contribution < 1.29 is 4.79 Å². The quantitative estimate of drug-likeness (QED) is 0.349. The Morgan fingerprint density at radius 2 is 1.69 bits per heavy atom. The van der Waals surface area contributed by atoms with Crippen molar-refractivity contribution in [2.24, 2.45) is 0 Å². The van der Waals surface area contributed by atoms with Gasteiger partial charge in [0.1, 0.15) is 0 Å². The Hall–Kier alpha value is -3.04. The van der Waals surface area contributed by atoms with Crippen LogP contribution in [0, 0.1) is 11.3 Å². The van der Waals surface area contributed by atoms with E-state index >= 15 is 0 Å². The Bertz CT molecular complexity index is 1220. The molecule has 1 unspecified atom stereocenters. The molecule has 3 aromatic rings. The molecule has 180 valence electrons. The third-order valence-corrected chi connectivity index (χ3v) is 6.78. The summed E-state index contributed by atoms with van der Waals surface area (Å²) >= 11 is 12.3. The first kappa shape index (κ1) is 25.1. The van der Waals surface area contributed by atoms with Crippen LogP contribution in [0.3, 0.4) is 0 Å². The fraction of sp³-hybridized carbons (Fsp3) is 0.286. The minimum atomic E-state index is -0.0717. The van der Waals surface area contributed by atoms with Gasteiger partial charge in [0.2, 0.25) is 0 Å². The van der Waals surface area contributed by atoms with Gasteiger partial charge in [-0.2, -0.15) is 5.26 Å². The van der Waals surface area contributed by atoms with E-state index in [1.54, 1.807) is 23.1 Å². The molecule has 0 bridgehead atoms. The molecule has 0 spiro atoms. The lowest BCUT2D eigenvalue weighted by atomic mass is 9.89. The van der Waals surface area contributed by atoms with E-state index in [9.17, 15) is 10.1 Å². The molecule has 1 aliphatic heterocycles. The number of carbonyl (C=O) groups excluding carboxylic acids is 1. The van der Waals surface area contributed by atoms with Gasteiger partial charge in [0.25, 0.3) is 0 Å². The van der Waals surface area contributed by atoms with Crippen molar-refractivity contribution in [3.05, 3.63) is 87.9 Å². The zero-order chi connectivity index (χ0) is 24.9. The summed E-state index contributed by atoms with van der Waals surface area (Å²) in [5, 5.41) is 11.0. The molecule has 3 aromatic carbocycles. The first-order valence-corrected chi connectivity index (χ1v) is 12.4.